The van der Waals surface area contributed by atoms with Gasteiger partial charge in [-0.2, -0.15) is 4.31 Å². The first kappa shape index (κ1) is 16.3. The van der Waals surface area contributed by atoms with E-state index >= 15 is 0 Å². The number of aliphatic hydroxyl groups is 1. The number of sulfonamides is 1. The molecule has 1 aromatic rings. The van der Waals surface area contributed by atoms with E-state index in [1.807, 2.05) is 13.8 Å². The lowest BCUT2D eigenvalue weighted by atomic mass is 10.0. The maximum atomic E-state index is 12.8. The van der Waals surface area contributed by atoms with E-state index in [0.717, 1.165) is 12.8 Å². The molecule has 1 unspecified atom stereocenters. The smallest absolute Gasteiger partial charge is 0.243 e. The molecular weight excluding hydrogens is 290 g/mol. The molecule has 0 saturated carbocycles. The molecule has 1 saturated heterocycles. The van der Waals surface area contributed by atoms with Gasteiger partial charge in [0.05, 0.1) is 18.6 Å². The molecule has 0 radical (unpaired) electrons. The van der Waals surface area contributed by atoms with Gasteiger partial charge >= 0.3 is 0 Å². The van der Waals surface area contributed by atoms with E-state index < -0.39 is 10.0 Å². The summed E-state index contributed by atoms with van der Waals surface area (Å²) in [5.74, 6) is 0.788. The van der Waals surface area contributed by atoms with Crippen LogP contribution < -0.4 is 4.74 Å². The second kappa shape index (κ2) is 6.34. The van der Waals surface area contributed by atoms with Crippen molar-refractivity contribution in [1.29, 1.82) is 0 Å². The molecule has 1 heterocycles. The molecule has 0 aliphatic carbocycles. The minimum atomic E-state index is -3.52. The number of ether oxygens (including phenoxy) is 1. The molecule has 6 heteroatoms. The normalized spacial score (nSPS) is 20.1. The summed E-state index contributed by atoms with van der Waals surface area (Å²) in [4.78, 5) is 0.222. The van der Waals surface area contributed by atoms with E-state index in [9.17, 15) is 13.5 Å². The van der Waals surface area contributed by atoms with E-state index in [-0.39, 0.29) is 23.5 Å². The van der Waals surface area contributed by atoms with Crippen molar-refractivity contribution < 1.29 is 18.3 Å². The van der Waals surface area contributed by atoms with E-state index in [4.69, 9.17) is 4.74 Å². The highest BCUT2D eigenvalue weighted by atomic mass is 32.2. The average Bonchev–Trinajstić information content (AvgIpc) is 2.96. The van der Waals surface area contributed by atoms with Gasteiger partial charge in [-0.15, -0.1) is 0 Å². The second-order valence-electron chi connectivity index (χ2n) is 5.70. The molecule has 0 bridgehead atoms. The fourth-order valence-corrected chi connectivity index (χ4v) is 4.78. The zero-order chi connectivity index (χ0) is 15.6. The van der Waals surface area contributed by atoms with Crippen LogP contribution in [0, 0.1) is 5.92 Å². The highest BCUT2D eigenvalue weighted by Gasteiger charge is 2.36. The van der Waals surface area contributed by atoms with E-state index in [2.05, 4.69) is 0 Å². The summed E-state index contributed by atoms with van der Waals surface area (Å²) < 4.78 is 32.4. The lowest BCUT2D eigenvalue weighted by Gasteiger charge is -2.27. The molecule has 1 aliphatic heterocycles. The summed E-state index contributed by atoms with van der Waals surface area (Å²) in [6.07, 6.45) is 1.80. The Bertz CT molecular complexity index is 598. The molecule has 118 valence electrons. The maximum Gasteiger partial charge on any atom is 0.243 e. The minimum absolute atomic E-state index is 0.0506. The molecule has 0 spiro atoms. The fourth-order valence-electron chi connectivity index (χ4n) is 2.90. The van der Waals surface area contributed by atoms with Crippen LogP contribution in [0.15, 0.2) is 23.1 Å². The number of aliphatic hydroxyl groups excluding tert-OH is 1. The Labute approximate surface area is 126 Å². The topological polar surface area (TPSA) is 66.8 Å². The van der Waals surface area contributed by atoms with Crippen molar-refractivity contribution in [3.63, 3.8) is 0 Å². The molecule has 1 aliphatic rings. The first-order valence-corrected chi connectivity index (χ1v) is 8.65. The van der Waals surface area contributed by atoms with Crippen molar-refractivity contribution in [2.45, 2.75) is 44.2 Å². The van der Waals surface area contributed by atoms with Gasteiger partial charge in [0, 0.05) is 18.2 Å². The Morgan fingerprint density at radius 1 is 1.43 bits per heavy atom. The van der Waals surface area contributed by atoms with Crippen LogP contribution in [0.1, 0.15) is 32.3 Å². The van der Waals surface area contributed by atoms with Crippen LogP contribution in [-0.4, -0.2) is 37.5 Å². The molecule has 1 N–H and O–H groups in total. The van der Waals surface area contributed by atoms with Crippen LogP contribution in [0.5, 0.6) is 5.75 Å². The predicted octanol–water partition coefficient (Wildman–Crippen LogP) is 2.00. The lowest BCUT2D eigenvalue weighted by molar-refractivity contribution is 0.273. The highest BCUT2D eigenvalue weighted by molar-refractivity contribution is 7.89. The van der Waals surface area contributed by atoms with E-state index in [0.29, 0.717) is 17.9 Å². The fraction of sp³-hybridized carbons (Fsp3) is 0.600. The number of rotatable bonds is 5. The first-order valence-electron chi connectivity index (χ1n) is 7.21. The third-order valence-electron chi connectivity index (χ3n) is 4.05. The lowest BCUT2D eigenvalue weighted by Crippen LogP contribution is -2.38. The van der Waals surface area contributed by atoms with E-state index in [1.54, 1.807) is 16.4 Å². The number of benzene rings is 1. The van der Waals surface area contributed by atoms with Gasteiger partial charge in [0.15, 0.2) is 0 Å². The SMILES string of the molecule is COc1ccc(S(=O)(=O)N2CCCC2C(C)C)cc1CO. The first-order chi connectivity index (χ1) is 9.91. The third kappa shape index (κ3) is 3.07. The summed E-state index contributed by atoms with van der Waals surface area (Å²) in [5.41, 5.74) is 0.485. The van der Waals surface area contributed by atoms with Gasteiger partial charge in [-0.1, -0.05) is 13.8 Å². The van der Waals surface area contributed by atoms with Crippen LogP contribution in [0.2, 0.25) is 0 Å². The molecular formula is C15H23NO4S. The van der Waals surface area contributed by atoms with Gasteiger partial charge in [-0.25, -0.2) is 8.42 Å². The van der Waals surface area contributed by atoms with Crippen molar-refractivity contribution in [1.82, 2.24) is 4.31 Å². The van der Waals surface area contributed by atoms with Crippen molar-refractivity contribution in [2.24, 2.45) is 5.92 Å². The third-order valence-corrected chi connectivity index (χ3v) is 5.97. The molecule has 0 amide bonds. The molecule has 1 atom stereocenters. The summed E-state index contributed by atoms with van der Waals surface area (Å²) in [6.45, 7) is 4.41. The number of hydrogen-bond acceptors (Lipinski definition) is 4. The zero-order valence-electron chi connectivity index (χ0n) is 12.7. The monoisotopic (exact) mass is 313 g/mol. The largest absolute Gasteiger partial charge is 0.496 e. The Morgan fingerprint density at radius 2 is 2.14 bits per heavy atom. The highest BCUT2D eigenvalue weighted by Crippen LogP contribution is 2.31. The van der Waals surface area contributed by atoms with Gasteiger partial charge in [-0.3, -0.25) is 0 Å². The van der Waals surface area contributed by atoms with Crippen LogP contribution in [-0.2, 0) is 16.6 Å². The Hall–Kier alpha value is -1.11. The molecule has 2 rings (SSSR count). The van der Waals surface area contributed by atoms with Crippen molar-refractivity contribution in [3.05, 3.63) is 23.8 Å². The van der Waals surface area contributed by atoms with Crippen molar-refractivity contribution in [2.75, 3.05) is 13.7 Å². The standard InChI is InChI=1S/C15H23NO4S/c1-11(2)14-5-4-8-16(14)21(18,19)13-6-7-15(20-3)12(9-13)10-17/h6-7,9,11,14,17H,4-5,8,10H2,1-3H3. The van der Waals surface area contributed by atoms with Crippen molar-refractivity contribution >= 4 is 10.0 Å². The summed E-state index contributed by atoms with van der Waals surface area (Å²) >= 11 is 0. The quantitative estimate of drug-likeness (QED) is 0.903. The molecule has 21 heavy (non-hydrogen) atoms. The molecule has 0 aromatic heterocycles. The summed E-state index contributed by atoms with van der Waals surface area (Å²) in [6, 6.07) is 4.70. The number of methoxy groups -OCH3 is 1. The second-order valence-corrected chi connectivity index (χ2v) is 7.59. The van der Waals surface area contributed by atoms with Crippen LogP contribution in [0.25, 0.3) is 0 Å². The number of nitrogens with zero attached hydrogens (tertiary/aromatic N) is 1. The van der Waals surface area contributed by atoms with Crippen LogP contribution in [0.3, 0.4) is 0 Å². The Balaban J connectivity index is 2.40. The van der Waals surface area contributed by atoms with Gasteiger partial charge in [0.2, 0.25) is 10.0 Å². The minimum Gasteiger partial charge on any atom is -0.496 e. The summed E-state index contributed by atoms with van der Waals surface area (Å²) in [5, 5.41) is 9.36. The van der Waals surface area contributed by atoms with Gasteiger partial charge in [0.1, 0.15) is 5.75 Å². The summed E-state index contributed by atoms with van der Waals surface area (Å²) in [7, 11) is -2.03. The van der Waals surface area contributed by atoms with Crippen molar-refractivity contribution in [3.8, 4) is 5.75 Å². The maximum absolute atomic E-state index is 12.8. The zero-order valence-corrected chi connectivity index (χ0v) is 13.6. The number of hydrogen-bond donors (Lipinski definition) is 1. The molecule has 1 fully saturated rings. The van der Waals surface area contributed by atoms with Gasteiger partial charge in [-0.05, 0) is 37.0 Å². The van der Waals surface area contributed by atoms with Crippen LogP contribution >= 0.6 is 0 Å². The van der Waals surface area contributed by atoms with E-state index in [1.165, 1.54) is 13.2 Å². The molecule has 5 nitrogen and oxygen atoms in total. The predicted molar refractivity (Wildman–Crippen MR) is 80.7 cm³/mol. The Morgan fingerprint density at radius 3 is 2.71 bits per heavy atom. The van der Waals surface area contributed by atoms with Gasteiger partial charge in [0.25, 0.3) is 0 Å². The van der Waals surface area contributed by atoms with Gasteiger partial charge < -0.3 is 9.84 Å². The van der Waals surface area contributed by atoms with Crippen LogP contribution in [0.4, 0.5) is 0 Å². The molecule has 1 aromatic carbocycles. The Kier molecular flexibility index (Phi) is 4.91. The average molecular weight is 313 g/mol.